The molecule has 3 aromatic heterocycles. The lowest BCUT2D eigenvalue weighted by Gasteiger charge is -2.21. The first kappa shape index (κ1) is 16.7. The second-order valence-corrected chi connectivity index (χ2v) is 6.53. The molecule has 0 saturated heterocycles. The minimum Gasteiger partial charge on any atom is -0.318 e. The van der Waals surface area contributed by atoms with E-state index >= 15 is 0 Å². The lowest BCUT2D eigenvalue weighted by Crippen LogP contribution is -2.15. The highest BCUT2D eigenvalue weighted by atomic mass is 19.3. The minimum atomic E-state index is -2.75. The number of amides is 1. The van der Waals surface area contributed by atoms with Gasteiger partial charge in [0.1, 0.15) is 11.3 Å². The predicted octanol–water partition coefficient (Wildman–Crippen LogP) is 4.23. The van der Waals surface area contributed by atoms with E-state index in [9.17, 15) is 13.6 Å². The monoisotopic (exact) mass is 359 g/mol. The van der Waals surface area contributed by atoms with Gasteiger partial charge in [0, 0.05) is 12.4 Å². The van der Waals surface area contributed by atoms with Gasteiger partial charge < -0.3 is 5.32 Å². The predicted molar refractivity (Wildman–Crippen MR) is 92.5 cm³/mol. The second-order valence-electron chi connectivity index (χ2n) is 6.53. The van der Waals surface area contributed by atoms with Crippen LogP contribution in [0.4, 0.5) is 14.5 Å². The minimum absolute atomic E-state index is 0.0569. The highest BCUT2D eigenvalue weighted by Crippen LogP contribution is 2.32. The first-order chi connectivity index (χ1) is 12.6. The van der Waals surface area contributed by atoms with E-state index in [1.165, 1.54) is 12.4 Å². The summed E-state index contributed by atoms with van der Waals surface area (Å²) in [5, 5.41) is 6.64. The maximum atomic E-state index is 13.4. The largest absolute Gasteiger partial charge is 0.318 e. The summed E-state index contributed by atoms with van der Waals surface area (Å²) in [5.41, 5.74) is 0.565. The Morgan fingerprint density at radius 2 is 2.04 bits per heavy atom. The fourth-order valence-corrected chi connectivity index (χ4v) is 3.48. The molecule has 3 aromatic rings. The zero-order valence-electron chi connectivity index (χ0n) is 14.1. The van der Waals surface area contributed by atoms with E-state index in [0.29, 0.717) is 5.65 Å². The number of nitrogens with one attached hydrogen (secondary N) is 1. The van der Waals surface area contributed by atoms with Crippen molar-refractivity contribution in [2.75, 3.05) is 5.32 Å². The molecule has 0 aromatic carbocycles. The normalized spacial score (nSPS) is 15.7. The summed E-state index contributed by atoms with van der Waals surface area (Å²) in [6.07, 6.45) is 7.05. The topological polar surface area (TPSA) is 64.2 Å². The third kappa shape index (κ3) is 3.07. The highest BCUT2D eigenvalue weighted by molar-refractivity contribution is 6.03. The van der Waals surface area contributed by atoms with Crippen LogP contribution in [-0.4, -0.2) is 25.1 Å². The Bertz CT molecular complexity index is 927. The van der Waals surface area contributed by atoms with Crippen LogP contribution in [0.15, 0.2) is 36.8 Å². The van der Waals surface area contributed by atoms with Crippen molar-refractivity contribution in [3.63, 3.8) is 0 Å². The third-order valence-corrected chi connectivity index (χ3v) is 4.81. The molecule has 1 N–H and O–H groups in total. The number of carbonyl (C=O) groups is 1. The molecule has 0 radical (unpaired) electrons. The fraction of sp³-hybridized carbons (Fsp3) is 0.389. The number of halogens is 2. The Balaban J connectivity index is 1.62. The number of pyridine rings is 1. The lowest BCUT2D eigenvalue weighted by molar-refractivity contribution is 0.102. The second kappa shape index (κ2) is 6.86. The number of alkyl halides is 2. The van der Waals surface area contributed by atoms with Crippen LogP contribution in [0.5, 0.6) is 0 Å². The molecule has 1 saturated carbocycles. The van der Waals surface area contributed by atoms with Gasteiger partial charge in [-0.25, -0.2) is 13.8 Å². The molecule has 8 heteroatoms. The number of carbonyl (C=O) groups excluding carboxylic acids is 1. The SMILES string of the molecule is O=C(Nc1cn(C2CCCCC2)nc1C(F)F)c1cnc2ccccn12. The molecule has 0 spiro atoms. The van der Waals surface area contributed by atoms with Crippen molar-refractivity contribution in [2.45, 2.75) is 44.6 Å². The Hall–Kier alpha value is -2.77. The van der Waals surface area contributed by atoms with Gasteiger partial charge >= 0.3 is 0 Å². The molecule has 0 aliphatic heterocycles. The Morgan fingerprint density at radius 1 is 1.23 bits per heavy atom. The van der Waals surface area contributed by atoms with Crippen LogP contribution in [0, 0.1) is 0 Å². The summed E-state index contributed by atoms with van der Waals surface area (Å²) in [5.74, 6) is -0.492. The molecule has 0 unspecified atom stereocenters. The summed E-state index contributed by atoms with van der Waals surface area (Å²) >= 11 is 0. The van der Waals surface area contributed by atoms with E-state index < -0.39 is 18.0 Å². The van der Waals surface area contributed by atoms with Gasteiger partial charge in [-0.15, -0.1) is 0 Å². The van der Waals surface area contributed by atoms with Crippen molar-refractivity contribution in [1.82, 2.24) is 19.2 Å². The van der Waals surface area contributed by atoms with Gasteiger partial charge in [-0.3, -0.25) is 13.9 Å². The number of fused-ring (bicyclic) bond motifs is 1. The average Bonchev–Trinajstić information content (AvgIpc) is 3.27. The number of aromatic nitrogens is 4. The first-order valence-electron chi connectivity index (χ1n) is 8.74. The van der Waals surface area contributed by atoms with E-state index in [0.717, 1.165) is 32.1 Å². The van der Waals surface area contributed by atoms with Crippen molar-refractivity contribution in [1.29, 1.82) is 0 Å². The Labute approximate surface area is 148 Å². The van der Waals surface area contributed by atoms with Crippen molar-refractivity contribution in [2.24, 2.45) is 0 Å². The summed E-state index contributed by atoms with van der Waals surface area (Å²) in [7, 11) is 0. The van der Waals surface area contributed by atoms with Gasteiger partial charge in [-0.2, -0.15) is 5.10 Å². The molecular formula is C18H19F2N5O. The number of nitrogens with zero attached hydrogens (tertiary/aromatic N) is 4. The zero-order chi connectivity index (χ0) is 18.1. The molecule has 1 aliphatic carbocycles. The van der Waals surface area contributed by atoms with E-state index in [-0.39, 0.29) is 17.4 Å². The van der Waals surface area contributed by atoms with Gasteiger partial charge in [0.2, 0.25) is 0 Å². The number of anilines is 1. The molecule has 136 valence electrons. The summed E-state index contributed by atoms with van der Waals surface area (Å²) in [6.45, 7) is 0. The third-order valence-electron chi connectivity index (χ3n) is 4.81. The molecule has 1 fully saturated rings. The average molecular weight is 359 g/mol. The first-order valence-corrected chi connectivity index (χ1v) is 8.74. The number of hydrogen-bond donors (Lipinski definition) is 1. The van der Waals surface area contributed by atoms with Gasteiger partial charge in [0.05, 0.1) is 17.9 Å². The summed E-state index contributed by atoms with van der Waals surface area (Å²) in [4.78, 5) is 16.7. The van der Waals surface area contributed by atoms with Gasteiger partial charge in [0.25, 0.3) is 12.3 Å². The molecule has 0 atom stereocenters. The van der Waals surface area contributed by atoms with Crippen molar-refractivity contribution in [3.05, 3.63) is 48.2 Å². The van der Waals surface area contributed by atoms with Gasteiger partial charge in [0.15, 0.2) is 5.69 Å². The van der Waals surface area contributed by atoms with Crippen LogP contribution < -0.4 is 5.32 Å². The fourth-order valence-electron chi connectivity index (χ4n) is 3.48. The van der Waals surface area contributed by atoms with Crippen LogP contribution in [0.2, 0.25) is 0 Å². The van der Waals surface area contributed by atoms with E-state index in [4.69, 9.17) is 0 Å². The molecule has 4 rings (SSSR count). The molecular weight excluding hydrogens is 340 g/mol. The number of rotatable bonds is 4. The Morgan fingerprint density at radius 3 is 2.81 bits per heavy atom. The molecule has 26 heavy (non-hydrogen) atoms. The van der Waals surface area contributed by atoms with Crippen LogP contribution in [0.3, 0.4) is 0 Å². The van der Waals surface area contributed by atoms with Crippen molar-refractivity contribution < 1.29 is 13.6 Å². The maximum Gasteiger partial charge on any atom is 0.284 e. The lowest BCUT2D eigenvalue weighted by atomic mass is 9.96. The quantitative estimate of drug-likeness (QED) is 0.758. The zero-order valence-corrected chi connectivity index (χ0v) is 14.1. The highest BCUT2D eigenvalue weighted by Gasteiger charge is 2.24. The summed E-state index contributed by atoms with van der Waals surface area (Å²) in [6, 6.07) is 5.47. The van der Waals surface area contributed by atoms with Crippen LogP contribution in [0.1, 0.15) is 60.8 Å². The molecule has 1 aliphatic rings. The van der Waals surface area contributed by atoms with Gasteiger partial charge in [-0.05, 0) is 25.0 Å². The number of imidazole rings is 1. The standard InChI is InChI=1S/C18H19F2N5O/c19-17(20)16-13(11-25(23-16)12-6-2-1-3-7-12)22-18(26)14-10-21-15-8-4-5-9-24(14)15/h4-5,8-12,17H,1-3,6-7H2,(H,22,26). The smallest absolute Gasteiger partial charge is 0.284 e. The van der Waals surface area contributed by atoms with E-state index in [1.807, 2.05) is 6.07 Å². The van der Waals surface area contributed by atoms with Crippen molar-refractivity contribution >= 4 is 17.2 Å². The maximum absolute atomic E-state index is 13.4. The molecule has 0 bridgehead atoms. The van der Waals surface area contributed by atoms with Crippen LogP contribution >= 0.6 is 0 Å². The molecule has 3 heterocycles. The van der Waals surface area contributed by atoms with Crippen LogP contribution in [-0.2, 0) is 0 Å². The number of hydrogen-bond acceptors (Lipinski definition) is 3. The molecule has 6 nitrogen and oxygen atoms in total. The Kier molecular flexibility index (Phi) is 4.40. The summed E-state index contributed by atoms with van der Waals surface area (Å²) < 4.78 is 30.0. The van der Waals surface area contributed by atoms with Crippen LogP contribution in [0.25, 0.3) is 5.65 Å². The van der Waals surface area contributed by atoms with Gasteiger partial charge in [-0.1, -0.05) is 25.3 Å². The van der Waals surface area contributed by atoms with E-state index in [2.05, 4.69) is 15.4 Å². The van der Waals surface area contributed by atoms with E-state index in [1.54, 1.807) is 27.4 Å². The van der Waals surface area contributed by atoms with Crippen molar-refractivity contribution in [3.8, 4) is 0 Å². The molecule has 1 amide bonds.